The summed E-state index contributed by atoms with van der Waals surface area (Å²) >= 11 is 0. The smallest absolute Gasteiger partial charge is 0.372 e. The van der Waals surface area contributed by atoms with Crippen LogP contribution in [0.15, 0.2) is 18.2 Å². The van der Waals surface area contributed by atoms with Gasteiger partial charge in [-0.15, -0.1) is 0 Å². The Labute approximate surface area is 115 Å². The number of aldehydes is 1. The van der Waals surface area contributed by atoms with Crippen molar-refractivity contribution in [2.75, 3.05) is 18.0 Å². The van der Waals surface area contributed by atoms with E-state index in [4.69, 9.17) is 4.74 Å². The number of morpholine rings is 1. The summed E-state index contributed by atoms with van der Waals surface area (Å²) in [6.45, 7) is 4.90. The number of nitrogens with zero attached hydrogens (tertiary/aromatic N) is 1. The van der Waals surface area contributed by atoms with Gasteiger partial charge in [0.1, 0.15) is 0 Å². The van der Waals surface area contributed by atoms with Gasteiger partial charge in [-0.25, -0.2) is 0 Å². The van der Waals surface area contributed by atoms with Gasteiger partial charge in [0.25, 0.3) is 0 Å². The molecule has 1 saturated heterocycles. The van der Waals surface area contributed by atoms with Crippen molar-refractivity contribution in [3.63, 3.8) is 0 Å². The predicted octanol–water partition coefficient (Wildman–Crippen LogP) is 3.13. The average Bonchev–Trinajstić information content (AvgIpc) is 2.35. The summed E-state index contributed by atoms with van der Waals surface area (Å²) in [4.78, 5) is 13.0. The zero-order valence-electron chi connectivity index (χ0n) is 11.3. The molecular formula is C14H16F3NO2. The van der Waals surface area contributed by atoms with E-state index in [0.29, 0.717) is 25.1 Å². The van der Waals surface area contributed by atoms with E-state index in [1.807, 2.05) is 18.7 Å². The van der Waals surface area contributed by atoms with Crippen LogP contribution in [0.1, 0.15) is 29.8 Å². The van der Waals surface area contributed by atoms with Gasteiger partial charge < -0.3 is 9.64 Å². The lowest BCUT2D eigenvalue weighted by Gasteiger charge is -2.37. The maximum Gasteiger partial charge on any atom is 0.416 e. The monoisotopic (exact) mass is 287 g/mol. The fourth-order valence-corrected chi connectivity index (χ4v) is 2.49. The SMILES string of the molecule is C[C@@H]1CN(c2ccc(C(F)(F)F)cc2C=O)C[C@@H](C)O1. The summed E-state index contributed by atoms with van der Waals surface area (Å²) in [7, 11) is 0. The van der Waals surface area contributed by atoms with E-state index in [1.165, 1.54) is 6.07 Å². The molecule has 1 aliphatic heterocycles. The highest BCUT2D eigenvalue weighted by molar-refractivity contribution is 5.85. The van der Waals surface area contributed by atoms with Crippen molar-refractivity contribution >= 4 is 12.0 Å². The molecule has 1 fully saturated rings. The summed E-state index contributed by atoms with van der Waals surface area (Å²) in [5, 5.41) is 0. The Bertz CT molecular complexity index is 492. The standard InChI is InChI=1S/C14H16F3NO2/c1-9-6-18(7-10(2)20-9)13-4-3-12(14(15,16)17)5-11(13)8-19/h3-5,8-10H,6-7H2,1-2H3/t9-,10-/m1/s1. The Morgan fingerprint density at radius 1 is 1.25 bits per heavy atom. The topological polar surface area (TPSA) is 29.5 Å². The van der Waals surface area contributed by atoms with Gasteiger partial charge in [-0.3, -0.25) is 4.79 Å². The molecule has 110 valence electrons. The minimum absolute atomic E-state index is 0.0273. The normalized spacial score (nSPS) is 23.8. The number of anilines is 1. The number of benzene rings is 1. The van der Waals surface area contributed by atoms with E-state index in [1.54, 1.807) is 0 Å². The predicted molar refractivity (Wildman–Crippen MR) is 69.1 cm³/mol. The fourth-order valence-electron chi connectivity index (χ4n) is 2.49. The fraction of sp³-hybridized carbons (Fsp3) is 0.500. The zero-order chi connectivity index (χ0) is 14.9. The van der Waals surface area contributed by atoms with Gasteiger partial charge in [0.2, 0.25) is 0 Å². The maximum absolute atomic E-state index is 12.7. The Balaban J connectivity index is 2.34. The van der Waals surface area contributed by atoms with E-state index in [2.05, 4.69) is 0 Å². The Morgan fingerprint density at radius 2 is 1.85 bits per heavy atom. The molecule has 1 heterocycles. The van der Waals surface area contributed by atoms with Crippen LogP contribution in [0.25, 0.3) is 0 Å². The lowest BCUT2D eigenvalue weighted by Crippen LogP contribution is -2.45. The molecule has 2 atom stereocenters. The molecule has 20 heavy (non-hydrogen) atoms. The van der Waals surface area contributed by atoms with Crippen molar-refractivity contribution in [1.82, 2.24) is 0 Å². The molecule has 0 N–H and O–H groups in total. The third-order valence-electron chi connectivity index (χ3n) is 3.24. The number of carbonyl (C=O) groups is 1. The molecule has 3 nitrogen and oxygen atoms in total. The largest absolute Gasteiger partial charge is 0.416 e. The highest BCUT2D eigenvalue weighted by atomic mass is 19.4. The van der Waals surface area contributed by atoms with Gasteiger partial charge in [-0.2, -0.15) is 13.2 Å². The van der Waals surface area contributed by atoms with E-state index >= 15 is 0 Å². The highest BCUT2D eigenvalue weighted by Gasteiger charge is 2.32. The van der Waals surface area contributed by atoms with Crippen LogP contribution in [-0.2, 0) is 10.9 Å². The van der Waals surface area contributed by atoms with Crippen LogP contribution in [0.2, 0.25) is 0 Å². The van der Waals surface area contributed by atoms with Gasteiger partial charge in [0, 0.05) is 24.3 Å². The lowest BCUT2D eigenvalue weighted by molar-refractivity contribution is -0.137. The Hall–Kier alpha value is -1.56. The highest BCUT2D eigenvalue weighted by Crippen LogP contribution is 2.33. The second-order valence-corrected chi connectivity index (χ2v) is 5.05. The van der Waals surface area contributed by atoms with Crippen molar-refractivity contribution in [1.29, 1.82) is 0 Å². The van der Waals surface area contributed by atoms with Crippen LogP contribution in [0.4, 0.5) is 18.9 Å². The molecule has 2 rings (SSSR count). The quantitative estimate of drug-likeness (QED) is 0.783. The van der Waals surface area contributed by atoms with Crippen molar-refractivity contribution in [2.24, 2.45) is 0 Å². The molecule has 6 heteroatoms. The van der Waals surface area contributed by atoms with Gasteiger partial charge in [-0.1, -0.05) is 0 Å². The van der Waals surface area contributed by atoms with Crippen molar-refractivity contribution in [2.45, 2.75) is 32.2 Å². The molecule has 0 bridgehead atoms. The van der Waals surface area contributed by atoms with Crippen molar-refractivity contribution in [3.05, 3.63) is 29.3 Å². The molecule has 1 aliphatic rings. The van der Waals surface area contributed by atoms with Crippen molar-refractivity contribution < 1.29 is 22.7 Å². The first kappa shape index (κ1) is 14.8. The number of halogens is 3. The first-order valence-corrected chi connectivity index (χ1v) is 6.38. The van der Waals surface area contributed by atoms with E-state index in [9.17, 15) is 18.0 Å². The number of rotatable bonds is 2. The van der Waals surface area contributed by atoms with Crippen LogP contribution in [0.3, 0.4) is 0 Å². The van der Waals surface area contributed by atoms with Crippen LogP contribution in [0.5, 0.6) is 0 Å². The van der Waals surface area contributed by atoms with Crippen LogP contribution in [0, 0.1) is 0 Å². The van der Waals surface area contributed by atoms with Crippen LogP contribution < -0.4 is 4.90 Å². The van der Waals surface area contributed by atoms with E-state index in [-0.39, 0.29) is 17.8 Å². The average molecular weight is 287 g/mol. The minimum atomic E-state index is -4.44. The summed E-state index contributed by atoms with van der Waals surface area (Å²) in [5.74, 6) is 0. The second kappa shape index (κ2) is 5.44. The minimum Gasteiger partial charge on any atom is -0.372 e. The summed E-state index contributed by atoms with van der Waals surface area (Å²) in [6.07, 6.45) is -4.03. The van der Waals surface area contributed by atoms with Gasteiger partial charge >= 0.3 is 6.18 Å². The van der Waals surface area contributed by atoms with E-state index < -0.39 is 11.7 Å². The first-order valence-electron chi connectivity index (χ1n) is 6.38. The third-order valence-corrected chi connectivity index (χ3v) is 3.24. The number of hydrogen-bond donors (Lipinski definition) is 0. The second-order valence-electron chi connectivity index (χ2n) is 5.05. The molecule has 0 unspecified atom stereocenters. The number of ether oxygens (including phenoxy) is 1. The zero-order valence-corrected chi connectivity index (χ0v) is 11.3. The summed E-state index contributed by atoms with van der Waals surface area (Å²) in [6, 6.07) is 3.26. The first-order chi connectivity index (χ1) is 9.31. The van der Waals surface area contributed by atoms with Gasteiger partial charge in [-0.05, 0) is 32.0 Å². The molecule has 0 aliphatic carbocycles. The Morgan fingerprint density at radius 3 is 2.35 bits per heavy atom. The maximum atomic E-state index is 12.7. The molecule has 0 aromatic heterocycles. The van der Waals surface area contributed by atoms with Crippen LogP contribution >= 0.6 is 0 Å². The van der Waals surface area contributed by atoms with Gasteiger partial charge in [0.15, 0.2) is 6.29 Å². The Kier molecular flexibility index (Phi) is 4.04. The summed E-state index contributed by atoms with van der Waals surface area (Å²) in [5.41, 5.74) is -0.228. The molecule has 0 spiro atoms. The number of carbonyl (C=O) groups excluding carboxylic acids is 1. The molecule has 0 amide bonds. The molecular weight excluding hydrogens is 271 g/mol. The molecule has 1 aromatic carbocycles. The van der Waals surface area contributed by atoms with Crippen molar-refractivity contribution in [3.8, 4) is 0 Å². The molecule has 0 radical (unpaired) electrons. The number of hydrogen-bond acceptors (Lipinski definition) is 3. The molecule has 1 aromatic rings. The lowest BCUT2D eigenvalue weighted by atomic mass is 10.1. The van der Waals surface area contributed by atoms with E-state index in [0.717, 1.165) is 12.1 Å². The molecule has 0 saturated carbocycles. The third kappa shape index (κ3) is 3.12. The summed E-state index contributed by atoms with van der Waals surface area (Å²) < 4.78 is 43.5. The van der Waals surface area contributed by atoms with Gasteiger partial charge in [0.05, 0.1) is 17.8 Å². The van der Waals surface area contributed by atoms with Crippen LogP contribution in [-0.4, -0.2) is 31.6 Å². The number of alkyl halides is 3.